The zero-order valence-electron chi connectivity index (χ0n) is 9.60. The van der Waals surface area contributed by atoms with E-state index in [-0.39, 0.29) is 0 Å². The molecule has 1 atom stereocenters. The van der Waals surface area contributed by atoms with Crippen LogP contribution in [0.25, 0.3) is 0 Å². The highest BCUT2D eigenvalue weighted by Gasteiger charge is 2.13. The molecule has 0 aliphatic rings. The highest BCUT2D eigenvalue weighted by Crippen LogP contribution is 2.35. The normalized spacial score (nSPS) is 12.2. The maximum absolute atomic E-state index is 9.63. The van der Waals surface area contributed by atoms with Gasteiger partial charge in [0.2, 0.25) is 5.88 Å². The van der Waals surface area contributed by atoms with Gasteiger partial charge in [-0.1, -0.05) is 29.3 Å². The fourth-order valence-electron chi connectivity index (χ4n) is 1.47. The van der Waals surface area contributed by atoms with Gasteiger partial charge in [0, 0.05) is 11.8 Å². The number of benzene rings is 1. The van der Waals surface area contributed by atoms with Crippen molar-refractivity contribution in [2.45, 2.75) is 13.0 Å². The summed E-state index contributed by atoms with van der Waals surface area (Å²) in [6.07, 6.45) is 0.909. The van der Waals surface area contributed by atoms with Gasteiger partial charge in [-0.2, -0.15) is 0 Å². The van der Waals surface area contributed by atoms with Gasteiger partial charge in [-0.05, 0) is 31.2 Å². The molecule has 1 heterocycles. The van der Waals surface area contributed by atoms with Crippen LogP contribution in [0.4, 0.5) is 0 Å². The molecule has 0 aliphatic heterocycles. The monoisotopic (exact) mass is 283 g/mol. The van der Waals surface area contributed by atoms with Gasteiger partial charge >= 0.3 is 0 Å². The zero-order chi connectivity index (χ0) is 13.1. The minimum Gasteiger partial charge on any atom is -0.437 e. The number of aliphatic hydroxyl groups excluding tert-OH is 1. The lowest BCUT2D eigenvalue weighted by molar-refractivity contribution is 0.194. The fraction of sp³-hybridized carbons (Fsp3) is 0.154. The smallest absolute Gasteiger partial charge is 0.225 e. The van der Waals surface area contributed by atoms with Crippen molar-refractivity contribution in [3.05, 3.63) is 52.1 Å². The van der Waals surface area contributed by atoms with E-state index in [0.717, 1.165) is 0 Å². The maximum Gasteiger partial charge on any atom is 0.225 e. The number of nitrogens with zero attached hydrogens (tertiary/aromatic N) is 1. The number of rotatable bonds is 3. The predicted octanol–water partition coefficient (Wildman–Crippen LogP) is 4.23. The van der Waals surface area contributed by atoms with Gasteiger partial charge in [0.25, 0.3) is 0 Å². The minimum atomic E-state index is -0.674. The molecule has 1 aromatic heterocycles. The van der Waals surface area contributed by atoms with Gasteiger partial charge in [-0.15, -0.1) is 0 Å². The van der Waals surface area contributed by atoms with Crippen molar-refractivity contribution in [1.82, 2.24) is 4.98 Å². The third-order valence-electron chi connectivity index (χ3n) is 2.37. The summed E-state index contributed by atoms with van der Waals surface area (Å²) in [4.78, 5) is 4.08. The van der Waals surface area contributed by atoms with Crippen molar-refractivity contribution in [1.29, 1.82) is 0 Å². The van der Waals surface area contributed by atoms with Gasteiger partial charge in [0.05, 0.1) is 11.1 Å². The summed E-state index contributed by atoms with van der Waals surface area (Å²) in [5.41, 5.74) is 0.591. The van der Waals surface area contributed by atoms with E-state index in [1.54, 1.807) is 43.5 Å². The Morgan fingerprint density at radius 1 is 1.22 bits per heavy atom. The highest BCUT2D eigenvalue weighted by atomic mass is 35.5. The van der Waals surface area contributed by atoms with Crippen LogP contribution < -0.4 is 4.74 Å². The van der Waals surface area contributed by atoms with Crippen LogP contribution in [0.5, 0.6) is 11.6 Å². The molecule has 2 rings (SSSR count). The molecule has 18 heavy (non-hydrogen) atoms. The SMILES string of the molecule is CC(O)c1cccnc1Oc1cccc(Cl)c1Cl. The van der Waals surface area contributed by atoms with Crippen LogP contribution in [0.1, 0.15) is 18.6 Å². The summed E-state index contributed by atoms with van der Waals surface area (Å²) in [6.45, 7) is 1.64. The van der Waals surface area contributed by atoms with Crippen molar-refractivity contribution in [2.75, 3.05) is 0 Å². The summed E-state index contributed by atoms with van der Waals surface area (Å²) >= 11 is 11.9. The van der Waals surface area contributed by atoms with E-state index in [1.807, 2.05) is 0 Å². The second-order valence-electron chi connectivity index (χ2n) is 3.73. The Morgan fingerprint density at radius 3 is 2.72 bits per heavy atom. The van der Waals surface area contributed by atoms with Gasteiger partial charge in [0.15, 0.2) is 0 Å². The van der Waals surface area contributed by atoms with Crippen LogP contribution in [0.2, 0.25) is 10.0 Å². The van der Waals surface area contributed by atoms with Gasteiger partial charge < -0.3 is 9.84 Å². The number of pyridine rings is 1. The molecule has 94 valence electrons. The molecular formula is C13H11Cl2NO2. The van der Waals surface area contributed by atoms with Crippen LogP contribution in [0.3, 0.4) is 0 Å². The first-order chi connectivity index (χ1) is 8.59. The molecule has 0 amide bonds. The van der Waals surface area contributed by atoms with E-state index >= 15 is 0 Å². The standard InChI is InChI=1S/C13H11Cl2NO2/c1-8(17)9-4-3-7-16-13(9)18-11-6-2-5-10(14)12(11)15/h2-8,17H,1H3. The Morgan fingerprint density at radius 2 is 2.00 bits per heavy atom. The van der Waals surface area contributed by atoms with Gasteiger partial charge in [-0.25, -0.2) is 4.98 Å². The summed E-state index contributed by atoms with van der Waals surface area (Å²) < 4.78 is 5.59. The fourth-order valence-corrected chi connectivity index (χ4v) is 1.80. The van der Waals surface area contributed by atoms with E-state index in [4.69, 9.17) is 27.9 Å². The van der Waals surface area contributed by atoms with E-state index in [1.165, 1.54) is 0 Å². The lowest BCUT2D eigenvalue weighted by atomic mass is 10.2. The van der Waals surface area contributed by atoms with E-state index < -0.39 is 6.10 Å². The Balaban J connectivity index is 2.37. The number of aliphatic hydroxyl groups is 1. The third kappa shape index (κ3) is 2.75. The quantitative estimate of drug-likeness (QED) is 0.916. The van der Waals surface area contributed by atoms with Crippen molar-refractivity contribution in [3.8, 4) is 11.6 Å². The van der Waals surface area contributed by atoms with Crippen molar-refractivity contribution >= 4 is 23.2 Å². The zero-order valence-corrected chi connectivity index (χ0v) is 11.1. The van der Waals surface area contributed by atoms with E-state index in [0.29, 0.717) is 27.2 Å². The molecule has 0 bridgehead atoms. The molecule has 0 spiro atoms. The molecule has 1 N–H and O–H groups in total. The molecule has 2 aromatic rings. The third-order valence-corrected chi connectivity index (χ3v) is 3.18. The van der Waals surface area contributed by atoms with Crippen LogP contribution >= 0.6 is 23.2 Å². The topological polar surface area (TPSA) is 42.4 Å². The van der Waals surface area contributed by atoms with Crippen molar-refractivity contribution in [3.63, 3.8) is 0 Å². The molecule has 0 aliphatic carbocycles. The summed E-state index contributed by atoms with van der Waals surface area (Å²) in [6, 6.07) is 8.56. The highest BCUT2D eigenvalue weighted by molar-refractivity contribution is 6.42. The number of hydrogen-bond donors (Lipinski definition) is 1. The maximum atomic E-state index is 9.63. The molecule has 1 aromatic carbocycles. The molecule has 0 saturated carbocycles. The second kappa shape index (κ2) is 5.57. The predicted molar refractivity (Wildman–Crippen MR) is 71.4 cm³/mol. The summed E-state index contributed by atoms with van der Waals surface area (Å²) in [5, 5.41) is 10.4. The molecular weight excluding hydrogens is 273 g/mol. The van der Waals surface area contributed by atoms with Crippen LogP contribution in [-0.4, -0.2) is 10.1 Å². The van der Waals surface area contributed by atoms with Gasteiger partial charge in [0.1, 0.15) is 10.8 Å². The average Bonchev–Trinajstić information content (AvgIpc) is 2.35. The van der Waals surface area contributed by atoms with E-state index in [9.17, 15) is 5.11 Å². The number of aromatic nitrogens is 1. The Labute approximate surface area is 115 Å². The average molecular weight is 284 g/mol. The first-order valence-corrected chi connectivity index (χ1v) is 6.10. The Kier molecular flexibility index (Phi) is 4.07. The van der Waals surface area contributed by atoms with Crippen LogP contribution in [0, 0.1) is 0 Å². The molecule has 0 fully saturated rings. The largest absolute Gasteiger partial charge is 0.437 e. The molecule has 0 radical (unpaired) electrons. The lowest BCUT2D eigenvalue weighted by Crippen LogP contribution is -1.98. The Hall–Kier alpha value is -1.29. The number of halogens is 2. The molecule has 0 saturated heterocycles. The van der Waals surface area contributed by atoms with Crippen molar-refractivity contribution < 1.29 is 9.84 Å². The molecule has 3 nitrogen and oxygen atoms in total. The van der Waals surface area contributed by atoms with E-state index in [2.05, 4.69) is 4.98 Å². The van der Waals surface area contributed by atoms with Crippen molar-refractivity contribution in [2.24, 2.45) is 0 Å². The second-order valence-corrected chi connectivity index (χ2v) is 4.51. The lowest BCUT2D eigenvalue weighted by Gasteiger charge is -2.12. The molecule has 5 heteroatoms. The first-order valence-electron chi connectivity index (χ1n) is 5.34. The summed E-state index contributed by atoms with van der Waals surface area (Å²) in [7, 11) is 0. The number of hydrogen-bond acceptors (Lipinski definition) is 3. The van der Waals surface area contributed by atoms with Crippen LogP contribution in [0.15, 0.2) is 36.5 Å². The number of ether oxygens (including phenoxy) is 1. The minimum absolute atomic E-state index is 0.316. The van der Waals surface area contributed by atoms with Gasteiger partial charge in [-0.3, -0.25) is 0 Å². The van der Waals surface area contributed by atoms with Crippen LogP contribution in [-0.2, 0) is 0 Å². The summed E-state index contributed by atoms with van der Waals surface area (Å²) in [5.74, 6) is 0.724. The Bertz CT molecular complexity index is 558. The first kappa shape index (κ1) is 13.1. The molecule has 1 unspecified atom stereocenters.